The second-order valence-corrected chi connectivity index (χ2v) is 5.28. The molecule has 0 aliphatic rings. The van der Waals surface area contributed by atoms with E-state index >= 15 is 0 Å². The van der Waals surface area contributed by atoms with Crippen LogP contribution in [0.4, 0.5) is 17.5 Å². The molecule has 0 radical (unpaired) electrons. The third-order valence-corrected chi connectivity index (χ3v) is 3.36. The van der Waals surface area contributed by atoms with Gasteiger partial charge in [0.1, 0.15) is 0 Å². The zero-order chi connectivity index (χ0) is 16.1. The average Bonchev–Trinajstić information content (AvgIpc) is 2.57. The Balaban J connectivity index is 1.69. The van der Waals surface area contributed by atoms with Gasteiger partial charge >= 0.3 is 0 Å². The molecule has 23 heavy (non-hydrogen) atoms. The maximum Gasteiger partial charge on any atom is 0.245 e. The van der Waals surface area contributed by atoms with Crippen molar-refractivity contribution < 1.29 is 0 Å². The molecule has 0 bridgehead atoms. The summed E-state index contributed by atoms with van der Waals surface area (Å²) in [7, 11) is 0. The largest absolute Gasteiger partial charge is 0.347 e. The lowest BCUT2D eigenvalue weighted by atomic mass is 10.1. The number of hydrogen-bond acceptors (Lipinski definition) is 6. The van der Waals surface area contributed by atoms with Gasteiger partial charge in [-0.2, -0.15) is 10.1 Å². The number of pyridine rings is 1. The Morgan fingerprint density at radius 1 is 1.09 bits per heavy atom. The highest BCUT2D eigenvalue weighted by molar-refractivity contribution is 5.60. The van der Waals surface area contributed by atoms with Crippen LogP contribution in [-0.4, -0.2) is 20.2 Å². The van der Waals surface area contributed by atoms with Gasteiger partial charge in [0, 0.05) is 11.9 Å². The minimum Gasteiger partial charge on any atom is -0.347 e. The first-order chi connectivity index (χ1) is 11.2. The van der Waals surface area contributed by atoms with E-state index < -0.39 is 0 Å². The van der Waals surface area contributed by atoms with E-state index in [1.54, 1.807) is 12.4 Å². The second kappa shape index (κ2) is 6.83. The molecule has 0 spiro atoms. The topological polar surface area (TPSA) is 75.6 Å². The standard InChI is InChI=1S/C17H18N6/c1-12-6-7-15(13(2)9-12)21-16-11-20-23-17(22-16)19-10-14-5-3-4-8-18-14/h3-9,11H,10H2,1-2H3,(H2,19,21,22,23). The fourth-order valence-electron chi connectivity index (χ4n) is 2.20. The molecule has 0 amide bonds. The van der Waals surface area contributed by atoms with Crippen molar-refractivity contribution in [3.63, 3.8) is 0 Å². The number of aromatic nitrogens is 4. The van der Waals surface area contributed by atoms with Crippen molar-refractivity contribution in [1.82, 2.24) is 20.2 Å². The van der Waals surface area contributed by atoms with E-state index in [4.69, 9.17) is 0 Å². The Labute approximate surface area is 135 Å². The van der Waals surface area contributed by atoms with Crippen LogP contribution < -0.4 is 10.6 Å². The highest BCUT2D eigenvalue weighted by atomic mass is 15.3. The molecule has 0 fully saturated rings. The van der Waals surface area contributed by atoms with Crippen molar-refractivity contribution in [2.24, 2.45) is 0 Å². The highest BCUT2D eigenvalue weighted by Crippen LogP contribution is 2.20. The van der Waals surface area contributed by atoms with Gasteiger partial charge in [-0.05, 0) is 37.6 Å². The summed E-state index contributed by atoms with van der Waals surface area (Å²) >= 11 is 0. The Bertz CT molecular complexity index is 788. The predicted octanol–water partition coefficient (Wildman–Crippen LogP) is 3.24. The minimum atomic E-state index is 0.463. The lowest BCUT2D eigenvalue weighted by molar-refractivity contribution is 0.934. The molecule has 6 heteroatoms. The molecule has 2 N–H and O–H groups in total. The van der Waals surface area contributed by atoms with Crippen molar-refractivity contribution in [3.8, 4) is 0 Å². The molecule has 116 valence electrons. The summed E-state index contributed by atoms with van der Waals surface area (Å²) in [5.41, 5.74) is 4.31. The van der Waals surface area contributed by atoms with Gasteiger partial charge in [0.15, 0.2) is 5.82 Å². The molecule has 0 atom stereocenters. The first-order valence-corrected chi connectivity index (χ1v) is 7.38. The molecular formula is C17H18N6. The van der Waals surface area contributed by atoms with Crippen LogP contribution in [0.25, 0.3) is 0 Å². The van der Waals surface area contributed by atoms with Crippen LogP contribution in [0.3, 0.4) is 0 Å². The predicted molar refractivity (Wildman–Crippen MR) is 90.6 cm³/mol. The number of anilines is 3. The zero-order valence-corrected chi connectivity index (χ0v) is 13.1. The van der Waals surface area contributed by atoms with Gasteiger partial charge in [-0.3, -0.25) is 4.98 Å². The van der Waals surface area contributed by atoms with Gasteiger partial charge < -0.3 is 10.6 Å². The SMILES string of the molecule is Cc1ccc(Nc2cnnc(NCc3ccccn3)n2)c(C)c1. The molecule has 0 aliphatic carbocycles. The number of nitrogens with one attached hydrogen (secondary N) is 2. The molecule has 3 rings (SSSR count). The van der Waals surface area contributed by atoms with E-state index in [9.17, 15) is 0 Å². The summed E-state index contributed by atoms with van der Waals surface area (Å²) in [5, 5.41) is 14.4. The van der Waals surface area contributed by atoms with E-state index in [-0.39, 0.29) is 0 Å². The Morgan fingerprint density at radius 3 is 2.78 bits per heavy atom. The Hall–Kier alpha value is -3.02. The lowest BCUT2D eigenvalue weighted by Crippen LogP contribution is -2.07. The van der Waals surface area contributed by atoms with Gasteiger partial charge in [-0.15, -0.1) is 5.10 Å². The van der Waals surface area contributed by atoms with Gasteiger partial charge in [0.25, 0.3) is 0 Å². The maximum absolute atomic E-state index is 4.42. The molecule has 3 aromatic rings. The lowest BCUT2D eigenvalue weighted by Gasteiger charge is -2.10. The van der Waals surface area contributed by atoms with E-state index in [1.807, 2.05) is 24.3 Å². The molecule has 2 aromatic heterocycles. The number of benzene rings is 1. The monoisotopic (exact) mass is 306 g/mol. The first kappa shape index (κ1) is 14.9. The van der Waals surface area contributed by atoms with Crippen LogP contribution in [-0.2, 0) is 6.54 Å². The van der Waals surface area contributed by atoms with Crippen molar-refractivity contribution in [1.29, 1.82) is 0 Å². The van der Waals surface area contributed by atoms with Gasteiger partial charge in [0.05, 0.1) is 18.4 Å². The van der Waals surface area contributed by atoms with Gasteiger partial charge in [-0.1, -0.05) is 23.8 Å². The number of hydrogen-bond donors (Lipinski definition) is 2. The second-order valence-electron chi connectivity index (χ2n) is 5.28. The number of nitrogens with zero attached hydrogens (tertiary/aromatic N) is 4. The smallest absolute Gasteiger partial charge is 0.245 e. The van der Waals surface area contributed by atoms with Crippen molar-refractivity contribution in [2.45, 2.75) is 20.4 Å². The first-order valence-electron chi connectivity index (χ1n) is 7.38. The van der Waals surface area contributed by atoms with Crippen LogP contribution in [0.1, 0.15) is 16.8 Å². The fraction of sp³-hybridized carbons (Fsp3) is 0.176. The molecule has 1 aromatic carbocycles. The third kappa shape index (κ3) is 4.00. The van der Waals surface area contributed by atoms with E-state index in [0.29, 0.717) is 18.3 Å². The Kier molecular flexibility index (Phi) is 4.42. The van der Waals surface area contributed by atoms with E-state index in [1.165, 1.54) is 5.56 Å². The fourth-order valence-corrected chi connectivity index (χ4v) is 2.20. The minimum absolute atomic E-state index is 0.463. The molecule has 0 saturated carbocycles. The van der Waals surface area contributed by atoms with Crippen molar-refractivity contribution in [2.75, 3.05) is 10.6 Å². The summed E-state index contributed by atoms with van der Waals surface area (Å²) in [5.74, 6) is 1.11. The molecule has 2 heterocycles. The van der Waals surface area contributed by atoms with Crippen molar-refractivity contribution >= 4 is 17.5 Å². The average molecular weight is 306 g/mol. The zero-order valence-electron chi connectivity index (χ0n) is 13.1. The van der Waals surface area contributed by atoms with Crippen LogP contribution >= 0.6 is 0 Å². The molecule has 0 saturated heterocycles. The molecule has 6 nitrogen and oxygen atoms in total. The Morgan fingerprint density at radius 2 is 2.00 bits per heavy atom. The maximum atomic E-state index is 4.42. The summed E-state index contributed by atoms with van der Waals surface area (Å²) in [6, 6.07) is 12.0. The van der Waals surface area contributed by atoms with Crippen LogP contribution in [0.15, 0.2) is 48.8 Å². The van der Waals surface area contributed by atoms with Crippen molar-refractivity contribution in [3.05, 3.63) is 65.6 Å². The quantitative estimate of drug-likeness (QED) is 0.753. The van der Waals surface area contributed by atoms with Crippen LogP contribution in [0, 0.1) is 13.8 Å². The highest BCUT2D eigenvalue weighted by Gasteiger charge is 2.04. The summed E-state index contributed by atoms with van der Waals surface area (Å²) in [4.78, 5) is 8.67. The summed E-state index contributed by atoms with van der Waals surface area (Å²) in [6.45, 7) is 4.68. The molecular weight excluding hydrogens is 288 g/mol. The molecule has 0 aliphatic heterocycles. The van der Waals surface area contributed by atoms with E-state index in [0.717, 1.165) is 16.9 Å². The molecule has 0 unspecified atom stereocenters. The number of rotatable bonds is 5. The van der Waals surface area contributed by atoms with Crippen LogP contribution in [0.5, 0.6) is 0 Å². The van der Waals surface area contributed by atoms with E-state index in [2.05, 4.69) is 56.8 Å². The van der Waals surface area contributed by atoms with Gasteiger partial charge in [0.2, 0.25) is 5.95 Å². The third-order valence-electron chi connectivity index (χ3n) is 3.36. The van der Waals surface area contributed by atoms with Gasteiger partial charge in [-0.25, -0.2) is 0 Å². The summed E-state index contributed by atoms with van der Waals surface area (Å²) in [6.07, 6.45) is 3.36. The number of aryl methyl sites for hydroxylation is 2. The van der Waals surface area contributed by atoms with Crippen LogP contribution in [0.2, 0.25) is 0 Å². The summed E-state index contributed by atoms with van der Waals surface area (Å²) < 4.78 is 0. The normalized spacial score (nSPS) is 10.3.